The molecule has 0 radical (unpaired) electrons. The molecule has 2 heterocycles. The molecule has 24 heavy (non-hydrogen) atoms. The average molecular weight is 367 g/mol. The van der Waals surface area contributed by atoms with E-state index in [1.807, 2.05) is 12.1 Å². The lowest BCUT2D eigenvalue weighted by Gasteiger charge is -2.33. The van der Waals surface area contributed by atoms with Crippen LogP contribution in [0.15, 0.2) is 30.6 Å². The molecule has 128 valence electrons. The second-order valence-corrected chi connectivity index (χ2v) is 7.03. The van der Waals surface area contributed by atoms with Gasteiger partial charge in [0.2, 0.25) is 0 Å². The summed E-state index contributed by atoms with van der Waals surface area (Å²) in [5.74, 6) is -0.0699. The Balaban J connectivity index is 1.59. The van der Waals surface area contributed by atoms with Crippen LogP contribution in [-0.4, -0.2) is 39.7 Å². The first-order valence-electron chi connectivity index (χ1n) is 7.97. The minimum atomic E-state index is -0.0699. The Hall–Kier alpha value is -1.56. The number of carbonyl (C=O) groups is 1. The molecule has 7 heteroatoms. The van der Waals surface area contributed by atoms with Gasteiger partial charge in [0.25, 0.3) is 5.91 Å². The van der Waals surface area contributed by atoms with E-state index < -0.39 is 0 Å². The van der Waals surface area contributed by atoms with E-state index in [0.29, 0.717) is 15.6 Å². The Labute approximate surface area is 151 Å². The second kappa shape index (κ2) is 7.55. The third kappa shape index (κ3) is 4.29. The van der Waals surface area contributed by atoms with E-state index >= 15 is 0 Å². The zero-order valence-electron chi connectivity index (χ0n) is 13.5. The van der Waals surface area contributed by atoms with Crippen LogP contribution < -0.4 is 5.32 Å². The van der Waals surface area contributed by atoms with Crippen molar-refractivity contribution in [2.45, 2.75) is 25.4 Å². The number of hydrogen-bond acceptors (Lipinski definition) is 3. The molecule has 0 spiro atoms. The van der Waals surface area contributed by atoms with Crippen LogP contribution in [0.3, 0.4) is 0 Å². The van der Waals surface area contributed by atoms with E-state index in [-0.39, 0.29) is 11.9 Å². The van der Waals surface area contributed by atoms with Crippen LogP contribution in [0.5, 0.6) is 0 Å². The van der Waals surface area contributed by atoms with Crippen LogP contribution in [0.1, 0.15) is 28.8 Å². The Kier molecular flexibility index (Phi) is 5.43. The number of nitrogens with one attached hydrogen (secondary N) is 1. The van der Waals surface area contributed by atoms with E-state index in [9.17, 15) is 4.79 Å². The molecule has 1 unspecified atom stereocenters. The van der Waals surface area contributed by atoms with Gasteiger partial charge in [0.1, 0.15) is 0 Å². The maximum absolute atomic E-state index is 12.3. The number of amides is 1. The summed E-state index contributed by atoms with van der Waals surface area (Å²) in [6.07, 6.45) is 5.34. The lowest BCUT2D eigenvalue weighted by atomic mass is 10.0. The summed E-state index contributed by atoms with van der Waals surface area (Å²) in [4.78, 5) is 14.6. The molecule has 1 aliphatic heterocycles. The number of likely N-dealkylation sites (tertiary alicyclic amines) is 1. The smallest absolute Gasteiger partial charge is 0.254 e. The summed E-state index contributed by atoms with van der Waals surface area (Å²) < 4.78 is 1.63. The quantitative estimate of drug-likeness (QED) is 0.904. The summed E-state index contributed by atoms with van der Waals surface area (Å²) in [5.41, 5.74) is 1.65. The molecule has 1 N–H and O–H groups in total. The van der Waals surface area contributed by atoms with E-state index in [4.69, 9.17) is 23.2 Å². The minimum absolute atomic E-state index is 0.0699. The fraction of sp³-hybridized carbons (Fsp3) is 0.412. The zero-order chi connectivity index (χ0) is 17.1. The van der Waals surface area contributed by atoms with Gasteiger partial charge in [-0.3, -0.25) is 14.4 Å². The fourth-order valence-corrected chi connectivity index (χ4v) is 3.48. The number of halogens is 2. The van der Waals surface area contributed by atoms with E-state index in [1.54, 1.807) is 30.2 Å². The van der Waals surface area contributed by atoms with E-state index in [0.717, 1.165) is 38.0 Å². The van der Waals surface area contributed by atoms with Crippen molar-refractivity contribution in [3.63, 3.8) is 0 Å². The maximum Gasteiger partial charge on any atom is 0.254 e. The number of aryl methyl sites for hydroxylation is 1. The van der Waals surface area contributed by atoms with Crippen LogP contribution in [0.25, 0.3) is 0 Å². The predicted octanol–water partition coefficient (Wildman–Crippen LogP) is 3.12. The highest BCUT2D eigenvalue weighted by molar-refractivity contribution is 6.35. The van der Waals surface area contributed by atoms with Crippen LogP contribution in [0.2, 0.25) is 10.0 Å². The van der Waals surface area contributed by atoms with Crippen LogP contribution >= 0.6 is 23.2 Å². The molecule has 1 fully saturated rings. The first-order valence-corrected chi connectivity index (χ1v) is 8.72. The molecule has 1 atom stereocenters. The van der Waals surface area contributed by atoms with Crippen molar-refractivity contribution in [2.24, 2.45) is 7.05 Å². The Morgan fingerprint density at radius 1 is 1.42 bits per heavy atom. The van der Waals surface area contributed by atoms with Gasteiger partial charge >= 0.3 is 0 Å². The number of aromatic nitrogens is 2. The molecule has 1 aromatic carbocycles. The molecule has 2 aromatic rings. The van der Waals surface area contributed by atoms with Crippen LogP contribution in [0.4, 0.5) is 0 Å². The topological polar surface area (TPSA) is 50.2 Å². The van der Waals surface area contributed by atoms with E-state index in [1.165, 1.54) is 0 Å². The standard InChI is InChI=1S/C17H20Cl2N4O/c1-22-9-13(8-20-22)17(24)21-15-3-2-6-23(11-15)10-12-4-5-14(18)7-16(12)19/h4-5,7-9,15H,2-3,6,10-11H2,1H3,(H,21,24). The van der Waals surface area contributed by atoms with Gasteiger partial charge in [0.05, 0.1) is 11.8 Å². The number of benzene rings is 1. The lowest BCUT2D eigenvalue weighted by molar-refractivity contribution is 0.0900. The predicted molar refractivity (Wildman–Crippen MR) is 95.4 cm³/mol. The summed E-state index contributed by atoms with van der Waals surface area (Å²) in [6.45, 7) is 2.57. The fourth-order valence-electron chi connectivity index (χ4n) is 3.01. The van der Waals surface area contributed by atoms with Gasteiger partial charge in [-0.1, -0.05) is 29.3 Å². The van der Waals surface area contributed by atoms with Gasteiger partial charge in [-0.15, -0.1) is 0 Å². The first-order chi connectivity index (χ1) is 11.5. The molecule has 1 aliphatic rings. The van der Waals surface area contributed by atoms with Gasteiger partial charge in [-0.2, -0.15) is 5.10 Å². The number of rotatable bonds is 4. The van der Waals surface area contributed by atoms with Gasteiger partial charge in [0, 0.05) is 42.4 Å². The van der Waals surface area contributed by atoms with Crippen LogP contribution in [0, 0.1) is 0 Å². The summed E-state index contributed by atoms with van der Waals surface area (Å²) in [5, 5.41) is 8.47. The normalized spacial score (nSPS) is 18.5. The maximum atomic E-state index is 12.3. The summed E-state index contributed by atoms with van der Waals surface area (Å²) >= 11 is 12.2. The van der Waals surface area contributed by atoms with Gasteiger partial charge in [-0.05, 0) is 37.1 Å². The Morgan fingerprint density at radius 2 is 2.25 bits per heavy atom. The molecule has 3 rings (SSSR count). The second-order valence-electron chi connectivity index (χ2n) is 6.19. The summed E-state index contributed by atoms with van der Waals surface area (Å²) in [7, 11) is 1.80. The number of carbonyl (C=O) groups excluding carboxylic acids is 1. The summed E-state index contributed by atoms with van der Waals surface area (Å²) in [6, 6.07) is 5.72. The monoisotopic (exact) mass is 366 g/mol. The highest BCUT2D eigenvalue weighted by Gasteiger charge is 2.22. The van der Waals surface area contributed by atoms with Gasteiger partial charge in [-0.25, -0.2) is 0 Å². The van der Waals surface area contributed by atoms with Crippen molar-refractivity contribution in [1.29, 1.82) is 0 Å². The largest absolute Gasteiger partial charge is 0.348 e. The van der Waals surface area contributed by atoms with E-state index in [2.05, 4.69) is 15.3 Å². The SMILES string of the molecule is Cn1cc(C(=O)NC2CCCN(Cc3ccc(Cl)cc3Cl)C2)cn1. The van der Waals surface area contributed by atoms with Crippen molar-refractivity contribution < 1.29 is 4.79 Å². The lowest BCUT2D eigenvalue weighted by Crippen LogP contribution is -2.47. The Bertz CT molecular complexity index is 731. The number of nitrogens with zero attached hydrogens (tertiary/aromatic N) is 3. The molecule has 1 saturated heterocycles. The molecular weight excluding hydrogens is 347 g/mol. The number of piperidine rings is 1. The van der Waals surface area contributed by atoms with Crippen molar-refractivity contribution in [3.05, 3.63) is 51.8 Å². The van der Waals surface area contributed by atoms with Crippen molar-refractivity contribution in [3.8, 4) is 0 Å². The van der Waals surface area contributed by atoms with Gasteiger partial charge < -0.3 is 5.32 Å². The zero-order valence-corrected chi connectivity index (χ0v) is 15.0. The Morgan fingerprint density at radius 3 is 2.96 bits per heavy atom. The van der Waals surface area contributed by atoms with Crippen molar-refractivity contribution in [2.75, 3.05) is 13.1 Å². The first kappa shape index (κ1) is 17.3. The minimum Gasteiger partial charge on any atom is -0.348 e. The molecule has 5 nitrogen and oxygen atoms in total. The highest BCUT2D eigenvalue weighted by Crippen LogP contribution is 2.23. The number of hydrogen-bond donors (Lipinski definition) is 1. The van der Waals surface area contributed by atoms with Gasteiger partial charge in [0.15, 0.2) is 0 Å². The molecular formula is C17H20Cl2N4O. The molecule has 0 aliphatic carbocycles. The molecule has 0 saturated carbocycles. The molecule has 1 amide bonds. The van der Waals surface area contributed by atoms with Crippen molar-refractivity contribution >= 4 is 29.1 Å². The third-order valence-corrected chi connectivity index (χ3v) is 4.80. The third-order valence-electron chi connectivity index (χ3n) is 4.22. The molecule has 0 bridgehead atoms. The van der Waals surface area contributed by atoms with Crippen molar-refractivity contribution in [1.82, 2.24) is 20.0 Å². The highest BCUT2D eigenvalue weighted by atomic mass is 35.5. The average Bonchev–Trinajstić information content (AvgIpc) is 2.97. The van der Waals surface area contributed by atoms with Crippen LogP contribution in [-0.2, 0) is 13.6 Å². The molecule has 1 aromatic heterocycles.